The number of hydrogen-bond donors (Lipinski definition) is 2. The van der Waals surface area contributed by atoms with Crippen molar-refractivity contribution in [2.75, 3.05) is 7.05 Å². The number of rotatable bonds is 2. The fourth-order valence-electron chi connectivity index (χ4n) is 1.92. The van der Waals surface area contributed by atoms with E-state index >= 15 is 0 Å². The average Bonchev–Trinajstić information content (AvgIpc) is 1.56. The van der Waals surface area contributed by atoms with Crippen LogP contribution in [0.3, 0.4) is 0 Å². The van der Waals surface area contributed by atoms with Crippen LogP contribution in [0.4, 0.5) is 0 Å². The summed E-state index contributed by atoms with van der Waals surface area (Å²) in [5, 5.41) is 3.26. The first-order valence-corrected chi connectivity index (χ1v) is 4.15. The smallest absolute Gasteiger partial charge is 0.0288 e. The molecule has 0 radical (unpaired) electrons. The van der Waals surface area contributed by atoms with Gasteiger partial charge in [0.1, 0.15) is 0 Å². The maximum atomic E-state index is 6.01. The van der Waals surface area contributed by atoms with Crippen molar-refractivity contribution in [1.29, 1.82) is 0 Å². The van der Waals surface area contributed by atoms with Gasteiger partial charge in [-0.15, -0.1) is 0 Å². The van der Waals surface area contributed by atoms with Crippen molar-refractivity contribution in [3.05, 3.63) is 0 Å². The van der Waals surface area contributed by atoms with Crippen molar-refractivity contribution in [3.63, 3.8) is 0 Å². The maximum absolute atomic E-state index is 6.01. The quantitative estimate of drug-likeness (QED) is 0.637. The monoisotopic (exact) mass is 158 g/mol. The molecule has 1 unspecified atom stereocenters. The minimum absolute atomic E-state index is 0.160. The zero-order valence-corrected chi connectivity index (χ0v) is 8.65. The summed E-state index contributed by atoms with van der Waals surface area (Å²) in [5.74, 6) is 0. The number of nitrogens with one attached hydrogen (secondary N) is 1. The lowest BCUT2D eigenvalue weighted by molar-refractivity contribution is 0.196. The van der Waals surface area contributed by atoms with E-state index in [-0.39, 0.29) is 11.0 Å². The molecule has 11 heavy (non-hydrogen) atoms. The van der Waals surface area contributed by atoms with E-state index in [1.54, 1.807) is 0 Å². The maximum Gasteiger partial charge on any atom is 0.0288 e. The first-order valence-electron chi connectivity index (χ1n) is 4.15. The molecule has 0 aromatic heterocycles. The fourth-order valence-corrected chi connectivity index (χ4v) is 1.92. The van der Waals surface area contributed by atoms with Crippen LogP contribution in [0.1, 0.15) is 34.6 Å². The second-order valence-corrected chi connectivity index (χ2v) is 4.91. The summed E-state index contributed by atoms with van der Waals surface area (Å²) < 4.78 is 0. The van der Waals surface area contributed by atoms with Crippen molar-refractivity contribution in [1.82, 2.24) is 5.32 Å². The van der Waals surface area contributed by atoms with Crippen LogP contribution in [0.5, 0.6) is 0 Å². The van der Waals surface area contributed by atoms with Crippen LogP contribution in [0.2, 0.25) is 0 Å². The van der Waals surface area contributed by atoms with E-state index in [0.717, 1.165) is 0 Å². The van der Waals surface area contributed by atoms with Gasteiger partial charge < -0.3 is 11.1 Å². The topological polar surface area (TPSA) is 38.0 Å². The molecule has 0 fully saturated rings. The number of nitrogens with two attached hydrogens (primary N) is 1. The Morgan fingerprint density at radius 3 is 1.45 bits per heavy atom. The van der Waals surface area contributed by atoms with Gasteiger partial charge in [-0.1, -0.05) is 20.8 Å². The van der Waals surface area contributed by atoms with E-state index in [0.29, 0.717) is 6.04 Å². The summed E-state index contributed by atoms with van der Waals surface area (Å²) >= 11 is 0. The van der Waals surface area contributed by atoms with E-state index in [1.165, 1.54) is 0 Å². The van der Waals surface area contributed by atoms with Gasteiger partial charge in [0, 0.05) is 11.6 Å². The molecule has 0 aromatic carbocycles. The Labute approximate surface area is 70.5 Å². The van der Waals surface area contributed by atoms with E-state index < -0.39 is 0 Å². The molecule has 0 heterocycles. The molecule has 0 rings (SSSR count). The van der Waals surface area contributed by atoms with Crippen LogP contribution in [-0.4, -0.2) is 18.6 Å². The van der Waals surface area contributed by atoms with Crippen molar-refractivity contribution in [2.24, 2.45) is 11.1 Å². The fraction of sp³-hybridized carbons (Fsp3) is 1.00. The van der Waals surface area contributed by atoms with Crippen molar-refractivity contribution >= 4 is 0 Å². The van der Waals surface area contributed by atoms with Gasteiger partial charge in [0.25, 0.3) is 0 Å². The largest absolute Gasteiger partial charge is 0.324 e. The molecule has 3 N–H and O–H groups in total. The second-order valence-electron chi connectivity index (χ2n) is 4.91. The highest BCUT2D eigenvalue weighted by molar-refractivity contribution is 4.94. The summed E-state index contributed by atoms with van der Waals surface area (Å²) in [6.07, 6.45) is 0. The number of hydrogen-bond acceptors (Lipinski definition) is 2. The van der Waals surface area contributed by atoms with Gasteiger partial charge in [-0.3, -0.25) is 0 Å². The molecule has 0 spiro atoms. The average molecular weight is 158 g/mol. The molecule has 0 aliphatic carbocycles. The molecule has 68 valence electrons. The molecule has 0 amide bonds. The third kappa shape index (κ3) is 3.21. The molecule has 0 aliphatic rings. The van der Waals surface area contributed by atoms with Gasteiger partial charge in [-0.05, 0) is 26.3 Å². The van der Waals surface area contributed by atoms with Crippen molar-refractivity contribution in [3.8, 4) is 0 Å². The van der Waals surface area contributed by atoms with Crippen LogP contribution in [0.15, 0.2) is 0 Å². The van der Waals surface area contributed by atoms with E-state index in [1.807, 2.05) is 7.05 Å². The second kappa shape index (κ2) is 3.11. The Morgan fingerprint density at radius 1 is 1.09 bits per heavy atom. The predicted octanol–water partition coefficient (Wildman–Crippen LogP) is 1.36. The van der Waals surface area contributed by atoms with E-state index in [2.05, 4.69) is 39.9 Å². The molecule has 2 nitrogen and oxygen atoms in total. The standard InChI is InChI=1S/C9H22N2/c1-8(2,3)7(11-6)9(4,5)10/h7,11H,10H2,1-6H3. The van der Waals surface area contributed by atoms with E-state index in [9.17, 15) is 0 Å². The zero-order valence-electron chi connectivity index (χ0n) is 8.65. The molecular weight excluding hydrogens is 136 g/mol. The minimum Gasteiger partial charge on any atom is -0.324 e. The summed E-state index contributed by atoms with van der Waals surface area (Å²) in [6.45, 7) is 10.7. The molecule has 0 aliphatic heterocycles. The molecule has 2 heteroatoms. The van der Waals surface area contributed by atoms with Crippen LogP contribution >= 0.6 is 0 Å². The van der Waals surface area contributed by atoms with Crippen molar-refractivity contribution in [2.45, 2.75) is 46.2 Å². The lowest BCUT2D eigenvalue weighted by Gasteiger charge is -2.40. The summed E-state index contributed by atoms with van der Waals surface area (Å²) in [7, 11) is 1.96. The third-order valence-corrected chi connectivity index (χ3v) is 1.90. The van der Waals surface area contributed by atoms with Gasteiger partial charge in [0.2, 0.25) is 0 Å². The minimum atomic E-state index is -0.160. The van der Waals surface area contributed by atoms with E-state index in [4.69, 9.17) is 5.73 Å². The molecule has 1 atom stereocenters. The molecule has 0 saturated carbocycles. The SMILES string of the molecule is CNC(C(C)(C)C)C(C)(C)N. The first-order chi connectivity index (χ1) is 4.69. The molecule has 0 bridgehead atoms. The molecule has 0 saturated heterocycles. The lowest BCUT2D eigenvalue weighted by atomic mass is 9.76. The zero-order chi connectivity index (χ0) is 9.28. The number of likely N-dealkylation sites (N-methyl/N-ethyl adjacent to an activating group) is 1. The van der Waals surface area contributed by atoms with Crippen LogP contribution < -0.4 is 11.1 Å². The van der Waals surface area contributed by atoms with Gasteiger partial charge in [-0.25, -0.2) is 0 Å². The Balaban J connectivity index is 4.43. The Bertz CT molecular complexity index is 103. The molecule has 0 aromatic rings. The first kappa shape index (κ1) is 10.9. The van der Waals surface area contributed by atoms with Crippen LogP contribution in [0, 0.1) is 5.41 Å². The van der Waals surface area contributed by atoms with Gasteiger partial charge in [0.15, 0.2) is 0 Å². The highest BCUT2D eigenvalue weighted by Crippen LogP contribution is 2.25. The summed E-state index contributed by atoms with van der Waals surface area (Å²) in [5.41, 5.74) is 6.07. The Kier molecular flexibility index (Phi) is 3.09. The van der Waals surface area contributed by atoms with Crippen molar-refractivity contribution < 1.29 is 0 Å². The van der Waals surface area contributed by atoms with Gasteiger partial charge in [0.05, 0.1) is 0 Å². The summed E-state index contributed by atoms with van der Waals surface area (Å²) in [4.78, 5) is 0. The highest BCUT2D eigenvalue weighted by Gasteiger charge is 2.33. The third-order valence-electron chi connectivity index (χ3n) is 1.90. The van der Waals surface area contributed by atoms with Gasteiger partial charge in [-0.2, -0.15) is 0 Å². The van der Waals surface area contributed by atoms with Crippen LogP contribution in [-0.2, 0) is 0 Å². The van der Waals surface area contributed by atoms with Crippen LogP contribution in [0.25, 0.3) is 0 Å². The summed E-state index contributed by atoms with van der Waals surface area (Å²) in [6, 6.07) is 0.343. The highest BCUT2D eigenvalue weighted by atomic mass is 15.0. The Hall–Kier alpha value is -0.0800. The Morgan fingerprint density at radius 2 is 1.45 bits per heavy atom. The molecular formula is C9H22N2. The van der Waals surface area contributed by atoms with Gasteiger partial charge >= 0.3 is 0 Å². The lowest BCUT2D eigenvalue weighted by Crippen LogP contribution is -2.58. The normalized spacial score (nSPS) is 16.6. The predicted molar refractivity (Wildman–Crippen MR) is 50.6 cm³/mol.